The van der Waals surface area contributed by atoms with Crippen LogP contribution in [0.1, 0.15) is 25.0 Å². The predicted molar refractivity (Wildman–Crippen MR) is 84.7 cm³/mol. The van der Waals surface area contributed by atoms with Gasteiger partial charge in [-0.25, -0.2) is 10.8 Å². The first-order valence-corrected chi connectivity index (χ1v) is 8.52. The third-order valence-corrected chi connectivity index (χ3v) is 5.07. The normalized spacial score (nSPS) is 15.2. The quantitative estimate of drug-likeness (QED) is 0.652. The number of hydrazine groups is 1. The van der Waals surface area contributed by atoms with Gasteiger partial charge in [-0.15, -0.1) is 11.3 Å². The van der Waals surface area contributed by atoms with Crippen molar-refractivity contribution in [1.29, 1.82) is 0 Å². The van der Waals surface area contributed by atoms with E-state index in [9.17, 15) is 0 Å². The van der Waals surface area contributed by atoms with Crippen LogP contribution < -0.4 is 16.2 Å². The summed E-state index contributed by atoms with van der Waals surface area (Å²) >= 11 is 3.02. The highest BCUT2D eigenvalue weighted by Gasteiger charge is 2.17. The van der Waals surface area contributed by atoms with Crippen molar-refractivity contribution in [3.63, 3.8) is 0 Å². The highest BCUT2D eigenvalue weighted by Crippen LogP contribution is 2.29. The number of nitrogens with two attached hydrogens (primary N) is 1. The third kappa shape index (κ3) is 3.60. The molecule has 1 aliphatic rings. The number of thiazole rings is 1. The summed E-state index contributed by atoms with van der Waals surface area (Å²) in [7, 11) is 0. The zero-order valence-corrected chi connectivity index (χ0v) is 13.4. The van der Waals surface area contributed by atoms with E-state index in [1.54, 1.807) is 11.3 Å². The maximum Gasteiger partial charge on any atom is 0.242 e. The van der Waals surface area contributed by atoms with Crippen molar-refractivity contribution in [2.24, 2.45) is 5.84 Å². The van der Waals surface area contributed by atoms with Crippen LogP contribution in [-0.4, -0.2) is 33.0 Å². The van der Waals surface area contributed by atoms with Crippen LogP contribution in [0.2, 0.25) is 0 Å². The summed E-state index contributed by atoms with van der Waals surface area (Å²) in [6.45, 7) is 3.93. The van der Waals surface area contributed by atoms with E-state index in [-0.39, 0.29) is 0 Å². The molecule has 3 rings (SSSR count). The van der Waals surface area contributed by atoms with Crippen LogP contribution >= 0.6 is 23.1 Å². The maximum atomic E-state index is 5.47. The molecule has 21 heavy (non-hydrogen) atoms. The summed E-state index contributed by atoms with van der Waals surface area (Å²) in [6, 6.07) is 0. The monoisotopic (exact) mass is 323 g/mol. The largest absolute Gasteiger partial charge is 0.341 e. The predicted octanol–water partition coefficient (Wildman–Crippen LogP) is 2.06. The van der Waals surface area contributed by atoms with Crippen LogP contribution in [0.15, 0.2) is 14.9 Å². The van der Waals surface area contributed by atoms with Crippen LogP contribution in [-0.2, 0) is 0 Å². The molecular formula is C12H17N7S2. The number of nitrogens with one attached hydrogen (secondary N) is 1. The van der Waals surface area contributed by atoms with Crippen molar-refractivity contribution in [3.05, 3.63) is 11.1 Å². The Morgan fingerprint density at radius 1 is 1.19 bits per heavy atom. The number of nitrogens with zero attached hydrogens (tertiary/aromatic N) is 5. The molecule has 1 saturated heterocycles. The summed E-state index contributed by atoms with van der Waals surface area (Å²) in [6.07, 6.45) is 3.61. The summed E-state index contributed by atoms with van der Waals surface area (Å²) < 4.78 is 0.922. The van der Waals surface area contributed by atoms with Gasteiger partial charge in [-0.3, -0.25) is 5.43 Å². The lowest BCUT2D eigenvalue weighted by molar-refractivity contribution is 0.565. The molecule has 0 spiro atoms. The van der Waals surface area contributed by atoms with Gasteiger partial charge in [0.05, 0.1) is 0 Å². The summed E-state index contributed by atoms with van der Waals surface area (Å²) in [5.74, 6) is 6.55. The van der Waals surface area contributed by atoms with E-state index in [0.717, 1.165) is 23.1 Å². The van der Waals surface area contributed by atoms with E-state index in [1.807, 2.05) is 12.3 Å². The molecule has 7 nitrogen and oxygen atoms in total. The lowest BCUT2D eigenvalue weighted by Gasteiger charge is -2.26. The minimum atomic E-state index is 0.390. The summed E-state index contributed by atoms with van der Waals surface area (Å²) in [5.41, 5.74) is 3.52. The van der Waals surface area contributed by atoms with Crippen molar-refractivity contribution < 1.29 is 0 Å². The molecule has 0 aliphatic carbocycles. The fourth-order valence-electron chi connectivity index (χ4n) is 2.15. The molecule has 1 fully saturated rings. The molecule has 2 aromatic heterocycles. The Hall–Kier alpha value is -1.45. The summed E-state index contributed by atoms with van der Waals surface area (Å²) in [4.78, 5) is 19.8. The lowest BCUT2D eigenvalue weighted by atomic mass is 10.1. The molecule has 112 valence electrons. The van der Waals surface area contributed by atoms with E-state index in [2.05, 4.69) is 30.3 Å². The van der Waals surface area contributed by atoms with Gasteiger partial charge in [0.2, 0.25) is 17.1 Å². The van der Waals surface area contributed by atoms with Crippen molar-refractivity contribution in [3.8, 4) is 0 Å². The highest BCUT2D eigenvalue weighted by molar-refractivity contribution is 8.00. The SMILES string of the molecule is Cc1csc(Sc2nc(NN)nc(N3CCCCC3)n2)n1. The van der Waals surface area contributed by atoms with Crippen LogP contribution in [0.5, 0.6) is 0 Å². The number of anilines is 2. The standard InChI is InChI=1S/C12H17N7S2/c1-8-7-20-12(14-8)21-11-16-9(18-13)15-10(17-11)19-5-3-2-4-6-19/h7H,2-6,13H2,1H3,(H,15,16,17,18). The molecule has 0 bridgehead atoms. The second-order valence-electron chi connectivity index (χ2n) is 4.79. The molecular weight excluding hydrogens is 306 g/mol. The number of hydrogen-bond donors (Lipinski definition) is 2. The molecule has 3 N–H and O–H groups in total. The fourth-order valence-corrected chi connectivity index (χ4v) is 3.84. The molecule has 0 unspecified atom stereocenters. The Balaban J connectivity index is 1.85. The zero-order valence-electron chi connectivity index (χ0n) is 11.7. The molecule has 1 aliphatic heterocycles. The van der Waals surface area contributed by atoms with Crippen molar-refractivity contribution in [2.75, 3.05) is 23.4 Å². The molecule has 3 heterocycles. The van der Waals surface area contributed by atoms with E-state index in [1.165, 1.54) is 31.0 Å². The van der Waals surface area contributed by atoms with Gasteiger partial charge < -0.3 is 4.90 Å². The Bertz CT molecular complexity index is 609. The molecule has 9 heteroatoms. The van der Waals surface area contributed by atoms with Gasteiger partial charge in [-0.2, -0.15) is 15.0 Å². The van der Waals surface area contributed by atoms with Gasteiger partial charge in [0.25, 0.3) is 0 Å². The van der Waals surface area contributed by atoms with E-state index in [0.29, 0.717) is 17.1 Å². The van der Waals surface area contributed by atoms with Gasteiger partial charge in [-0.1, -0.05) is 0 Å². The van der Waals surface area contributed by atoms with Crippen LogP contribution in [0.4, 0.5) is 11.9 Å². The van der Waals surface area contributed by atoms with Gasteiger partial charge in [0.1, 0.15) is 0 Å². The smallest absolute Gasteiger partial charge is 0.242 e. The highest BCUT2D eigenvalue weighted by atomic mass is 32.2. The third-order valence-electron chi connectivity index (χ3n) is 3.15. The number of piperidine rings is 1. The second kappa shape index (κ2) is 6.54. The molecule has 0 aromatic carbocycles. The van der Waals surface area contributed by atoms with Crippen LogP contribution in [0.3, 0.4) is 0 Å². The van der Waals surface area contributed by atoms with Crippen LogP contribution in [0, 0.1) is 6.92 Å². The molecule has 0 amide bonds. The zero-order chi connectivity index (χ0) is 14.7. The van der Waals surface area contributed by atoms with Gasteiger partial charge in [0.15, 0.2) is 4.34 Å². The Labute approximate surface area is 131 Å². The van der Waals surface area contributed by atoms with Crippen molar-refractivity contribution in [2.45, 2.75) is 35.7 Å². The number of aromatic nitrogens is 4. The molecule has 0 atom stereocenters. The summed E-state index contributed by atoms with van der Waals surface area (Å²) in [5, 5.41) is 2.63. The first-order chi connectivity index (χ1) is 10.2. The van der Waals surface area contributed by atoms with Gasteiger partial charge >= 0.3 is 0 Å². The topological polar surface area (TPSA) is 92.8 Å². The molecule has 0 radical (unpaired) electrons. The maximum absolute atomic E-state index is 5.47. The Morgan fingerprint density at radius 3 is 2.67 bits per heavy atom. The average molecular weight is 323 g/mol. The average Bonchev–Trinajstić information content (AvgIpc) is 2.93. The number of nitrogen functional groups attached to an aromatic ring is 1. The van der Waals surface area contributed by atoms with Gasteiger partial charge in [0, 0.05) is 24.2 Å². The Kier molecular flexibility index (Phi) is 4.51. The van der Waals surface area contributed by atoms with Crippen molar-refractivity contribution >= 4 is 35.0 Å². The van der Waals surface area contributed by atoms with E-state index in [4.69, 9.17) is 5.84 Å². The first-order valence-electron chi connectivity index (χ1n) is 6.82. The van der Waals surface area contributed by atoms with Crippen LogP contribution in [0.25, 0.3) is 0 Å². The van der Waals surface area contributed by atoms with Crippen molar-refractivity contribution in [1.82, 2.24) is 19.9 Å². The molecule has 0 saturated carbocycles. The van der Waals surface area contributed by atoms with Gasteiger partial charge in [-0.05, 0) is 37.9 Å². The van der Waals surface area contributed by atoms with E-state index >= 15 is 0 Å². The lowest BCUT2D eigenvalue weighted by Crippen LogP contribution is -2.31. The minimum absolute atomic E-state index is 0.390. The number of aryl methyl sites for hydroxylation is 1. The molecule has 2 aromatic rings. The minimum Gasteiger partial charge on any atom is -0.341 e. The number of hydrogen-bond acceptors (Lipinski definition) is 9. The number of rotatable bonds is 4. The Morgan fingerprint density at radius 2 is 2.00 bits per heavy atom. The first kappa shape index (κ1) is 14.5. The van der Waals surface area contributed by atoms with E-state index < -0.39 is 0 Å². The fraction of sp³-hybridized carbons (Fsp3) is 0.500. The second-order valence-corrected chi connectivity index (χ2v) is 6.86.